The molecule has 0 saturated carbocycles. The number of hydrogen-bond acceptors (Lipinski definition) is 11. The Hall–Kier alpha value is -4.64. The molecule has 1 amide bonds. The van der Waals surface area contributed by atoms with E-state index in [9.17, 15) is 31.5 Å². The van der Waals surface area contributed by atoms with E-state index in [4.69, 9.17) is 24.6 Å². The molecule has 0 atom stereocenters. The Balaban J connectivity index is 0.000000630. The van der Waals surface area contributed by atoms with Crippen LogP contribution in [0, 0.1) is 0 Å². The highest BCUT2D eigenvalue weighted by Gasteiger charge is 2.38. The Morgan fingerprint density at radius 2 is 1.66 bits per heavy atom. The molecule has 3 aromatic rings. The van der Waals surface area contributed by atoms with Crippen molar-refractivity contribution in [3.63, 3.8) is 0 Å². The lowest BCUT2D eigenvalue weighted by atomic mass is 10.0. The highest BCUT2D eigenvalue weighted by atomic mass is 32.2. The molecular weight excluding hydrogens is 681 g/mol. The van der Waals surface area contributed by atoms with E-state index in [1.807, 2.05) is 24.3 Å². The number of aliphatic carboxylic acids is 1. The summed E-state index contributed by atoms with van der Waals surface area (Å²) < 4.78 is 61.3. The minimum absolute atomic E-state index is 0.0614. The maximum absolute atomic E-state index is 12.2. The van der Waals surface area contributed by atoms with Gasteiger partial charge < -0.3 is 34.5 Å². The Morgan fingerprint density at radius 3 is 2.32 bits per heavy atom. The molecule has 0 radical (unpaired) electrons. The molecule has 4 heterocycles. The number of ether oxygens (including phenoxy) is 1. The van der Waals surface area contributed by atoms with Crippen LogP contribution in [0.15, 0.2) is 49.1 Å². The lowest BCUT2D eigenvalue weighted by molar-refractivity contribution is -0.192. The summed E-state index contributed by atoms with van der Waals surface area (Å²) in [5, 5.41) is 19.6. The number of alkyl halides is 3. The number of rotatable bonds is 8. The van der Waals surface area contributed by atoms with Crippen LogP contribution in [0.25, 0.3) is 10.8 Å². The van der Waals surface area contributed by atoms with Crippen LogP contribution in [0.2, 0.25) is 0 Å². The minimum atomic E-state index is -5.08. The Bertz CT molecular complexity index is 1820. The summed E-state index contributed by atoms with van der Waals surface area (Å²) >= 11 is 0. The number of carbonyl (C=O) groups excluding carboxylic acids is 1. The zero-order valence-corrected chi connectivity index (χ0v) is 28.1. The first-order chi connectivity index (χ1) is 23.7. The number of fused-ring (bicyclic) bond motifs is 2. The van der Waals surface area contributed by atoms with Crippen LogP contribution in [0.1, 0.15) is 17.7 Å². The monoisotopic (exact) mass is 720 g/mol. The van der Waals surface area contributed by atoms with Gasteiger partial charge in [-0.2, -0.15) is 23.1 Å². The van der Waals surface area contributed by atoms with Gasteiger partial charge in [-0.15, -0.1) is 0 Å². The van der Waals surface area contributed by atoms with Gasteiger partial charge >= 0.3 is 18.2 Å². The van der Waals surface area contributed by atoms with Gasteiger partial charge in [-0.1, -0.05) is 30.8 Å². The van der Waals surface area contributed by atoms with E-state index >= 15 is 0 Å². The second kappa shape index (κ2) is 15.5. The molecule has 13 nitrogen and oxygen atoms in total. The number of carboxylic acids is 1. The quantitative estimate of drug-likeness (QED) is 0.260. The first kappa shape index (κ1) is 36.6. The second-order valence-electron chi connectivity index (χ2n) is 12.1. The highest BCUT2D eigenvalue weighted by molar-refractivity contribution is 7.91. The number of hydrogen-bond donors (Lipinski definition) is 2. The summed E-state index contributed by atoms with van der Waals surface area (Å²) in [6, 6.07) is 12.0. The van der Waals surface area contributed by atoms with Crippen molar-refractivity contribution in [1.82, 2.24) is 19.8 Å². The Labute approximate surface area is 287 Å². The maximum Gasteiger partial charge on any atom is 0.490 e. The molecule has 6 rings (SSSR count). The number of halogens is 3. The van der Waals surface area contributed by atoms with Gasteiger partial charge in [0.1, 0.15) is 11.6 Å². The van der Waals surface area contributed by atoms with Crippen molar-refractivity contribution in [2.45, 2.75) is 25.6 Å². The third kappa shape index (κ3) is 9.12. The molecule has 2 fully saturated rings. The number of amides is 1. The second-order valence-corrected chi connectivity index (χ2v) is 14.4. The van der Waals surface area contributed by atoms with E-state index in [2.05, 4.69) is 27.3 Å². The molecule has 0 spiro atoms. The zero-order chi connectivity index (χ0) is 36.1. The van der Waals surface area contributed by atoms with Crippen LogP contribution in [0.4, 0.5) is 24.7 Å². The van der Waals surface area contributed by atoms with Gasteiger partial charge in [-0.3, -0.25) is 4.79 Å². The molecule has 50 heavy (non-hydrogen) atoms. The SMILES string of the molecule is C=CC(=O)N1CCN(c2nc(OCCCN3CCS(=O)(=O)CC3)nc3c2CCN(c2cc(O)cc4ccccc24)C3)CC1.O=C(O)C(F)(F)F. The highest BCUT2D eigenvalue weighted by Crippen LogP contribution is 2.36. The van der Waals surface area contributed by atoms with Gasteiger partial charge in [0, 0.05) is 75.1 Å². The third-order valence-electron chi connectivity index (χ3n) is 8.78. The number of carbonyl (C=O) groups is 2. The van der Waals surface area contributed by atoms with Crippen LogP contribution < -0.4 is 14.5 Å². The van der Waals surface area contributed by atoms with Crippen LogP contribution in [0.5, 0.6) is 11.8 Å². The summed E-state index contributed by atoms with van der Waals surface area (Å²) in [5.41, 5.74) is 2.94. The lowest BCUT2D eigenvalue weighted by Gasteiger charge is -2.38. The van der Waals surface area contributed by atoms with E-state index in [1.54, 1.807) is 11.0 Å². The van der Waals surface area contributed by atoms with Crippen molar-refractivity contribution in [3.05, 3.63) is 60.3 Å². The van der Waals surface area contributed by atoms with Gasteiger partial charge in [0.15, 0.2) is 9.84 Å². The van der Waals surface area contributed by atoms with Gasteiger partial charge in [0.25, 0.3) is 0 Å². The smallest absolute Gasteiger partial charge is 0.490 e. The lowest BCUT2D eigenvalue weighted by Crippen LogP contribution is -2.49. The van der Waals surface area contributed by atoms with E-state index in [0.29, 0.717) is 58.4 Å². The van der Waals surface area contributed by atoms with E-state index in [1.165, 1.54) is 6.08 Å². The first-order valence-electron chi connectivity index (χ1n) is 16.1. The van der Waals surface area contributed by atoms with Crippen LogP contribution in [-0.4, -0.2) is 127 Å². The molecule has 3 aliphatic rings. The van der Waals surface area contributed by atoms with Crippen molar-refractivity contribution in [2.75, 3.05) is 80.3 Å². The molecule has 17 heteroatoms. The number of sulfone groups is 1. The molecule has 2 aromatic carbocycles. The fraction of sp³-hybridized carbons (Fsp3) is 0.455. The molecule has 1 aromatic heterocycles. The Kier molecular flexibility index (Phi) is 11.4. The summed E-state index contributed by atoms with van der Waals surface area (Å²) in [7, 11) is -2.90. The number of aromatic nitrogens is 2. The van der Waals surface area contributed by atoms with Crippen LogP contribution in [0.3, 0.4) is 0 Å². The summed E-state index contributed by atoms with van der Waals surface area (Å²) in [5.74, 6) is -1.32. The average molecular weight is 721 g/mol. The summed E-state index contributed by atoms with van der Waals surface area (Å²) in [6.07, 6.45) is -2.26. The Morgan fingerprint density at radius 1 is 0.980 bits per heavy atom. The van der Waals surface area contributed by atoms with Crippen molar-refractivity contribution in [3.8, 4) is 11.8 Å². The fourth-order valence-corrected chi connectivity index (χ4v) is 7.43. The molecule has 270 valence electrons. The predicted molar refractivity (Wildman–Crippen MR) is 180 cm³/mol. The molecular formula is C33H39F3N6O7S. The van der Waals surface area contributed by atoms with E-state index in [-0.39, 0.29) is 23.2 Å². The topological polar surface area (TPSA) is 157 Å². The number of anilines is 2. The third-order valence-corrected chi connectivity index (χ3v) is 10.4. The normalized spacial score (nSPS) is 17.8. The van der Waals surface area contributed by atoms with Gasteiger partial charge in [-0.25, -0.2) is 13.2 Å². The number of carboxylic acid groups (broad SMARTS) is 1. The van der Waals surface area contributed by atoms with E-state index < -0.39 is 22.0 Å². The largest absolute Gasteiger partial charge is 0.508 e. The molecule has 0 bridgehead atoms. The first-order valence-corrected chi connectivity index (χ1v) is 17.9. The fourth-order valence-electron chi connectivity index (χ4n) is 6.15. The van der Waals surface area contributed by atoms with Gasteiger partial charge in [-0.05, 0) is 30.4 Å². The zero-order valence-electron chi connectivity index (χ0n) is 27.3. The average Bonchev–Trinajstić information content (AvgIpc) is 3.09. The number of piperazine rings is 1. The molecule has 0 aliphatic carbocycles. The molecule has 2 saturated heterocycles. The molecule has 0 unspecified atom stereocenters. The number of aromatic hydroxyl groups is 1. The standard InChI is InChI=1S/C31H38N6O5S.C2HF3O2/c1-2-29(39)35-11-13-36(14-12-35)30-26-8-10-37(28-21-24(38)20-23-6-3-4-7-25(23)28)22-27(26)32-31(33-30)42-17-5-9-34-15-18-43(40,41)19-16-34;3-2(4,5)1(6)7/h2-4,6-7,20-21,38H,1,5,8-19,22H2;(H,6,7). The summed E-state index contributed by atoms with van der Waals surface area (Å²) in [6.45, 7) is 9.69. The summed E-state index contributed by atoms with van der Waals surface area (Å²) in [4.78, 5) is 39.2. The van der Waals surface area contributed by atoms with Crippen LogP contribution in [-0.2, 0) is 32.4 Å². The predicted octanol–water partition coefficient (Wildman–Crippen LogP) is 2.87. The minimum Gasteiger partial charge on any atom is -0.508 e. The number of phenolic OH excluding ortho intramolecular Hbond substituents is 1. The van der Waals surface area contributed by atoms with Crippen molar-refractivity contribution >= 4 is 44.0 Å². The maximum atomic E-state index is 12.2. The van der Waals surface area contributed by atoms with Crippen molar-refractivity contribution in [1.29, 1.82) is 0 Å². The van der Waals surface area contributed by atoms with Crippen molar-refractivity contribution in [2.24, 2.45) is 0 Å². The molecule has 2 N–H and O–H groups in total. The van der Waals surface area contributed by atoms with Gasteiger partial charge in [0.2, 0.25) is 5.91 Å². The van der Waals surface area contributed by atoms with Gasteiger partial charge in [0.05, 0.1) is 30.4 Å². The molecule has 3 aliphatic heterocycles. The number of phenols is 1. The number of benzene rings is 2. The van der Waals surface area contributed by atoms with Crippen molar-refractivity contribution < 1.29 is 46.1 Å². The van der Waals surface area contributed by atoms with Crippen LogP contribution >= 0.6 is 0 Å². The number of nitrogens with zero attached hydrogens (tertiary/aromatic N) is 6. The van der Waals surface area contributed by atoms with E-state index in [0.717, 1.165) is 59.5 Å².